The second-order valence-electron chi connectivity index (χ2n) is 5.38. The maximum absolute atomic E-state index is 11.8. The summed E-state index contributed by atoms with van der Waals surface area (Å²) < 4.78 is 5.64. The summed E-state index contributed by atoms with van der Waals surface area (Å²) in [6.45, 7) is 0.568. The van der Waals surface area contributed by atoms with Crippen LogP contribution in [0.1, 0.15) is 40.5 Å². The van der Waals surface area contributed by atoms with E-state index in [1.54, 1.807) is 6.20 Å². The number of para-hydroxylation sites is 1. The Bertz CT molecular complexity index is 714. The molecule has 1 aliphatic carbocycles. The Morgan fingerprint density at radius 2 is 2.14 bits per heavy atom. The number of ketones is 1. The lowest BCUT2D eigenvalue weighted by Gasteiger charge is -2.16. The van der Waals surface area contributed by atoms with Gasteiger partial charge in [0, 0.05) is 18.2 Å². The van der Waals surface area contributed by atoms with Crippen LogP contribution in [0.2, 0.25) is 0 Å². The van der Waals surface area contributed by atoms with Gasteiger partial charge in [0.2, 0.25) is 5.95 Å². The van der Waals surface area contributed by atoms with Crippen LogP contribution in [-0.4, -0.2) is 22.4 Å². The zero-order valence-electron chi connectivity index (χ0n) is 11.5. The van der Waals surface area contributed by atoms with Crippen LogP contribution >= 0.6 is 0 Å². The van der Waals surface area contributed by atoms with Gasteiger partial charge >= 0.3 is 0 Å². The first kappa shape index (κ1) is 12.3. The Hall–Kier alpha value is -2.43. The van der Waals surface area contributed by atoms with Crippen molar-refractivity contribution in [2.75, 3.05) is 11.9 Å². The number of aryl methyl sites for hydroxylation is 1. The third-order valence-corrected chi connectivity index (χ3v) is 3.99. The van der Waals surface area contributed by atoms with Crippen molar-refractivity contribution in [2.24, 2.45) is 0 Å². The van der Waals surface area contributed by atoms with Crippen LogP contribution in [0.15, 0.2) is 30.5 Å². The lowest BCUT2D eigenvalue weighted by molar-refractivity contribution is 0.0971. The fourth-order valence-electron chi connectivity index (χ4n) is 2.90. The number of aromatic nitrogens is 2. The van der Waals surface area contributed by atoms with E-state index in [0.29, 0.717) is 24.5 Å². The molecular formula is C16H15N3O2. The Balaban J connectivity index is 1.60. The maximum Gasteiger partial charge on any atom is 0.223 e. The Morgan fingerprint density at radius 1 is 1.24 bits per heavy atom. The van der Waals surface area contributed by atoms with Crippen molar-refractivity contribution in [3.05, 3.63) is 47.3 Å². The number of anilines is 1. The van der Waals surface area contributed by atoms with E-state index in [1.807, 2.05) is 24.3 Å². The highest BCUT2D eigenvalue weighted by atomic mass is 16.5. The quantitative estimate of drug-likeness (QED) is 0.916. The lowest BCUT2D eigenvalue weighted by Crippen LogP contribution is -2.18. The highest BCUT2D eigenvalue weighted by molar-refractivity contribution is 5.97. The molecule has 1 aliphatic heterocycles. The first-order valence-corrected chi connectivity index (χ1v) is 7.18. The second kappa shape index (κ2) is 4.84. The summed E-state index contributed by atoms with van der Waals surface area (Å²) in [5.74, 6) is 1.62. The molecule has 0 amide bonds. The van der Waals surface area contributed by atoms with Gasteiger partial charge in [0.1, 0.15) is 12.4 Å². The number of carbonyl (C=O) groups excluding carboxylic acids is 1. The second-order valence-corrected chi connectivity index (χ2v) is 5.38. The molecule has 0 radical (unpaired) electrons. The molecule has 2 heterocycles. The molecule has 1 aromatic heterocycles. The van der Waals surface area contributed by atoms with E-state index in [0.717, 1.165) is 29.8 Å². The first-order valence-electron chi connectivity index (χ1n) is 7.18. The molecule has 5 heteroatoms. The third kappa shape index (κ3) is 2.14. The predicted octanol–water partition coefficient (Wildman–Crippen LogP) is 2.54. The average molecular weight is 281 g/mol. The molecule has 2 aliphatic rings. The molecule has 0 fully saturated rings. The van der Waals surface area contributed by atoms with Crippen LogP contribution in [0, 0.1) is 0 Å². The number of fused-ring (bicyclic) bond motifs is 2. The van der Waals surface area contributed by atoms with Gasteiger partial charge < -0.3 is 10.1 Å². The Morgan fingerprint density at radius 3 is 3.10 bits per heavy atom. The van der Waals surface area contributed by atoms with E-state index in [2.05, 4.69) is 15.3 Å². The summed E-state index contributed by atoms with van der Waals surface area (Å²) in [5, 5.41) is 3.30. The summed E-state index contributed by atoms with van der Waals surface area (Å²) in [7, 11) is 0. The number of ether oxygens (including phenoxy) is 1. The van der Waals surface area contributed by atoms with Gasteiger partial charge in [-0.25, -0.2) is 9.97 Å². The van der Waals surface area contributed by atoms with Gasteiger partial charge in [-0.1, -0.05) is 18.2 Å². The topological polar surface area (TPSA) is 64.1 Å². The first-order chi connectivity index (χ1) is 10.3. The SMILES string of the molecule is O=C1CCCc2nc(N[C@H]3COc4ccccc43)ncc21. The molecule has 0 saturated heterocycles. The normalized spacial score (nSPS) is 19.6. The molecule has 5 nitrogen and oxygen atoms in total. The van der Waals surface area contributed by atoms with Crippen molar-refractivity contribution in [2.45, 2.75) is 25.3 Å². The minimum atomic E-state index is 0.0542. The molecule has 1 aromatic carbocycles. The number of benzene rings is 1. The summed E-state index contributed by atoms with van der Waals surface area (Å²) in [6, 6.07) is 8.01. The van der Waals surface area contributed by atoms with E-state index in [-0.39, 0.29) is 11.8 Å². The highest BCUT2D eigenvalue weighted by Gasteiger charge is 2.25. The van der Waals surface area contributed by atoms with Gasteiger partial charge in [-0.05, 0) is 18.9 Å². The summed E-state index contributed by atoms with van der Waals surface area (Å²) in [4.78, 5) is 20.6. The van der Waals surface area contributed by atoms with E-state index >= 15 is 0 Å². The number of carbonyl (C=O) groups is 1. The fourth-order valence-corrected chi connectivity index (χ4v) is 2.90. The molecule has 0 bridgehead atoms. The number of nitrogens with one attached hydrogen (secondary N) is 1. The lowest BCUT2D eigenvalue weighted by atomic mass is 9.96. The number of rotatable bonds is 2. The van der Waals surface area contributed by atoms with E-state index in [1.165, 1.54) is 0 Å². The van der Waals surface area contributed by atoms with Crippen LogP contribution in [0.3, 0.4) is 0 Å². The van der Waals surface area contributed by atoms with Crippen molar-refractivity contribution >= 4 is 11.7 Å². The zero-order valence-corrected chi connectivity index (χ0v) is 11.5. The van der Waals surface area contributed by atoms with Crippen molar-refractivity contribution < 1.29 is 9.53 Å². The number of nitrogens with zero attached hydrogens (tertiary/aromatic N) is 2. The molecular weight excluding hydrogens is 266 g/mol. The molecule has 2 aromatic rings. The minimum absolute atomic E-state index is 0.0542. The third-order valence-electron chi connectivity index (χ3n) is 3.99. The molecule has 106 valence electrons. The van der Waals surface area contributed by atoms with Crippen molar-refractivity contribution in [3.8, 4) is 5.75 Å². The average Bonchev–Trinajstić information content (AvgIpc) is 2.91. The van der Waals surface area contributed by atoms with Crippen LogP contribution in [0.25, 0.3) is 0 Å². The smallest absolute Gasteiger partial charge is 0.223 e. The number of Topliss-reactive ketones (excluding diaryl/α,β-unsaturated/α-hetero) is 1. The monoisotopic (exact) mass is 281 g/mol. The number of hydrogen-bond donors (Lipinski definition) is 1. The van der Waals surface area contributed by atoms with E-state index in [9.17, 15) is 4.79 Å². The molecule has 1 N–H and O–H groups in total. The molecule has 21 heavy (non-hydrogen) atoms. The molecule has 4 rings (SSSR count). The van der Waals surface area contributed by atoms with Gasteiger partial charge in [0.25, 0.3) is 0 Å². The predicted molar refractivity (Wildman–Crippen MR) is 77.6 cm³/mol. The largest absolute Gasteiger partial charge is 0.491 e. The van der Waals surface area contributed by atoms with E-state index in [4.69, 9.17) is 4.74 Å². The summed E-state index contributed by atoms with van der Waals surface area (Å²) in [6.07, 6.45) is 3.97. The fraction of sp³-hybridized carbons (Fsp3) is 0.312. The van der Waals surface area contributed by atoms with E-state index < -0.39 is 0 Å². The Kier molecular flexibility index (Phi) is 2.84. The maximum atomic E-state index is 11.8. The van der Waals surface area contributed by atoms with Crippen molar-refractivity contribution in [3.63, 3.8) is 0 Å². The van der Waals surface area contributed by atoms with Crippen molar-refractivity contribution in [1.29, 1.82) is 0 Å². The van der Waals surface area contributed by atoms with Crippen LogP contribution in [0.5, 0.6) is 5.75 Å². The van der Waals surface area contributed by atoms with Crippen LogP contribution < -0.4 is 10.1 Å². The molecule has 1 atom stereocenters. The number of hydrogen-bond acceptors (Lipinski definition) is 5. The van der Waals surface area contributed by atoms with Gasteiger partial charge in [0.05, 0.1) is 17.3 Å². The van der Waals surface area contributed by atoms with Gasteiger partial charge in [-0.15, -0.1) is 0 Å². The van der Waals surface area contributed by atoms with Crippen LogP contribution in [-0.2, 0) is 6.42 Å². The Labute approximate surface area is 122 Å². The summed E-state index contributed by atoms with van der Waals surface area (Å²) >= 11 is 0. The molecule has 0 unspecified atom stereocenters. The standard InChI is InChI=1S/C16H15N3O2/c20-14-6-3-5-12-11(14)8-17-16(18-12)19-13-9-21-15-7-2-1-4-10(13)15/h1-2,4,7-8,13H,3,5-6,9H2,(H,17,18,19)/t13-/m0/s1. The van der Waals surface area contributed by atoms with Crippen LogP contribution in [0.4, 0.5) is 5.95 Å². The highest BCUT2D eigenvalue weighted by Crippen LogP contribution is 2.33. The van der Waals surface area contributed by atoms with Gasteiger partial charge in [-0.2, -0.15) is 0 Å². The van der Waals surface area contributed by atoms with Gasteiger partial charge in [0.15, 0.2) is 5.78 Å². The molecule has 0 spiro atoms. The summed E-state index contributed by atoms with van der Waals surface area (Å²) in [5.41, 5.74) is 2.65. The molecule has 0 saturated carbocycles. The zero-order chi connectivity index (χ0) is 14.2. The minimum Gasteiger partial charge on any atom is -0.491 e. The van der Waals surface area contributed by atoms with Gasteiger partial charge in [-0.3, -0.25) is 4.79 Å². The van der Waals surface area contributed by atoms with Crippen molar-refractivity contribution in [1.82, 2.24) is 9.97 Å².